The smallest absolute Gasteiger partial charge is 0.243 e. The number of aromatic nitrogens is 1. The van der Waals surface area contributed by atoms with E-state index in [9.17, 15) is 4.79 Å². The molecule has 100 valence electrons. The van der Waals surface area contributed by atoms with Crippen LogP contribution in [0.2, 0.25) is 0 Å². The second-order valence-corrected chi connectivity index (χ2v) is 4.58. The SMILES string of the molecule is Cc1ccc(NC(=O)[C@@H](C#N)Cc2ccccc2)nc1. The fourth-order valence-corrected chi connectivity index (χ4v) is 1.80. The number of nitrogens with one attached hydrogen (secondary N) is 1. The number of rotatable bonds is 4. The van der Waals surface area contributed by atoms with Crippen molar-refractivity contribution in [3.05, 3.63) is 59.8 Å². The third kappa shape index (κ3) is 3.66. The van der Waals surface area contributed by atoms with Crippen molar-refractivity contribution < 1.29 is 4.79 Å². The second-order valence-electron chi connectivity index (χ2n) is 4.58. The highest BCUT2D eigenvalue weighted by atomic mass is 16.1. The van der Waals surface area contributed by atoms with Crippen molar-refractivity contribution in [1.82, 2.24) is 4.98 Å². The van der Waals surface area contributed by atoms with Crippen molar-refractivity contribution in [3.8, 4) is 6.07 Å². The standard InChI is InChI=1S/C16H15N3O/c1-12-7-8-15(18-11-12)19-16(20)14(10-17)9-13-5-3-2-4-6-13/h2-8,11,14H,9H2,1H3,(H,18,19,20)/t14-/m1/s1. The maximum absolute atomic E-state index is 12.1. The molecule has 0 bridgehead atoms. The highest BCUT2D eigenvalue weighted by Crippen LogP contribution is 2.11. The molecule has 0 radical (unpaired) electrons. The lowest BCUT2D eigenvalue weighted by Crippen LogP contribution is -2.23. The first-order valence-corrected chi connectivity index (χ1v) is 6.36. The number of amides is 1. The first-order chi connectivity index (χ1) is 9.69. The zero-order chi connectivity index (χ0) is 14.4. The summed E-state index contributed by atoms with van der Waals surface area (Å²) < 4.78 is 0. The van der Waals surface area contributed by atoms with Crippen LogP contribution in [0.1, 0.15) is 11.1 Å². The fourth-order valence-electron chi connectivity index (χ4n) is 1.80. The topological polar surface area (TPSA) is 65.8 Å². The molecule has 0 unspecified atom stereocenters. The quantitative estimate of drug-likeness (QED) is 0.924. The highest BCUT2D eigenvalue weighted by Gasteiger charge is 2.18. The van der Waals surface area contributed by atoms with Gasteiger partial charge in [0.1, 0.15) is 11.7 Å². The molecule has 0 saturated heterocycles. The number of nitrogens with zero attached hydrogens (tertiary/aromatic N) is 2. The molecule has 0 aliphatic heterocycles. The molecule has 0 saturated carbocycles. The van der Waals surface area contributed by atoms with Crippen LogP contribution in [0, 0.1) is 24.2 Å². The Morgan fingerprint density at radius 2 is 2.05 bits per heavy atom. The molecule has 1 atom stereocenters. The molecule has 1 aromatic carbocycles. The largest absolute Gasteiger partial charge is 0.310 e. The van der Waals surface area contributed by atoms with E-state index in [1.807, 2.05) is 49.4 Å². The minimum atomic E-state index is -0.722. The summed E-state index contributed by atoms with van der Waals surface area (Å²) in [5.41, 5.74) is 1.98. The van der Waals surface area contributed by atoms with Gasteiger partial charge in [0.15, 0.2) is 0 Å². The first-order valence-electron chi connectivity index (χ1n) is 6.36. The van der Waals surface area contributed by atoms with E-state index in [2.05, 4.69) is 10.3 Å². The zero-order valence-electron chi connectivity index (χ0n) is 11.2. The van der Waals surface area contributed by atoms with E-state index in [0.29, 0.717) is 12.2 Å². The van der Waals surface area contributed by atoms with E-state index in [0.717, 1.165) is 11.1 Å². The lowest BCUT2D eigenvalue weighted by atomic mass is 10.00. The number of anilines is 1. The summed E-state index contributed by atoms with van der Waals surface area (Å²) in [6.45, 7) is 1.92. The van der Waals surface area contributed by atoms with Gasteiger partial charge >= 0.3 is 0 Å². The maximum atomic E-state index is 12.1. The molecule has 0 spiro atoms. The van der Waals surface area contributed by atoms with Gasteiger partial charge in [0.05, 0.1) is 6.07 Å². The average molecular weight is 265 g/mol. The van der Waals surface area contributed by atoms with E-state index >= 15 is 0 Å². The molecule has 1 amide bonds. The predicted octanol–water partition coefficient (Wildman–Crippen LogP) is 2.71. The molecule has 1 N–H and O–H groups in total. The summed E-state index contributed by atoms with van der Waals surface area (Å²) in [7, 11) is 0. The van der Waals surface area contributed by atoms with Crippen LogP contribution in [-0.2, 0) is 11.2 Å². The van der Waals surface area contributed by atoms with Crippen LogP contribution < -0.4 is 5.32 Å². The first kappa shape index (κ1) is 13.8. The van der Waals surface area contributed by atoms with Crippen LogP contribution in [0.5, 0.6) is 0 Å². The molecule has 0 fully saturated rings. The van der Waals surface area contributed by atoms with Crippen LogP contribution in [-0.4, -0.2) is 10.9 Å². The van der Waals surface area contributed by atoms with Gasteiger partial charge in [0.2, 0.25) is 5.91 Å². The van der Waals surface area contributed by atoms with Crippen molar-refractivity contribution in [1.29, 1.82) is 5.26 Å². The number of carbonyl (C=O) groups is 1. The fraction of sp³-hybridized carbons (Fsp3) is 0.188. The molecule has 1 aromatic heterocycles. The van der Waals surface area contributed by atoms with Gasteiger partial charge in [0, 0.05) is 6.20 Å². The summed E-state index contributed by atoms with van der Waals surface area (Å²) in [5.74, 6) is -0.581. The number of carbonyl (C=O) groups excluding carboxylic acids is 1. The second kappa shape index (κ2) is 6.48. The molecular weight excluding hydrogens is 250 g/mol. The predicted molar refractivity (Wildman–Crippen MR) is 76.9 cm³/mol. The average Bonchev–Trinajstić information content (AvgIpc) is 2.48. The Hall–Kier alpha value is -2.67. The Balaban J connectivity index is 2.03. The van der Waals surface area contributed by atoms with Crippen LogP contribution in [0.4, 0.5) is 5.82 Å². The summed E-state index contributed by atoms with van der Waals surface area (Å²) in [6, 6.07) is 15.1. The van der Waals surface area contributed by atoms with E-state index in [-0.39, 0.29) is 5.91 Å². The number of hydrogen-bond donors (Lipinski definition) is 1. The summed E-state index contributed by atoms with van der Waals surface area (Å²) in [4.78, 5) is 16.2. The molecular formula is C16H15N3O. The third-order valence-corrected chi connectivity index (χ3v) is 2.92. The zero-order valence-corrected chi connectivity index (χ0v) is 11.2. The van der Waals surface area contributed by atoms with Crippen LogP contribution in [0.3, 0.4) is 0 Å². The van der Waals surface area contributed by atoms with E-state index < -0.39 is 5.92 Å². The summed E-state index contributed by atoms with van der Waals surface area (Å²) in [6.07, 6.45) is 2.07. The van der Waals surface area contributed by atoms with Crippen molar-refractivity contribution in [3.63, 3.8) is 0 Å². The Bertz CT molecular complexity index is 614. The van der Waals surface area contributed by atoms with E-state index in [1.54, 1.807) is 12.3 Å². The van der Waals surface area contributed by atoms with Gasteiger partial charge in [-0.05, 0) is 30.5 Å². The Kier molecular flexibility index (Phi) is 4.46. The van der Waals surface area contributed by atoms with Crippen molar-refractivity contribution >= 4 is 11.7 Å². The molecule has 0 aliphatic carbocycles. The van der Waals surface area contributed by atoms with Gasteiger partial charge < -0.3 is 5.32 Å². The van der Waals surface area contributed by atoms with E-state index in [4.69, 9.17) is 5.26 Å². The molecule has 20 heavy (non-hydrogen) atoms. The van der Waals surface area contributed by atoms with Crippen LogP contribution in [0.15, 0.2) is 48.7 Å². The lowest BCUT2D eigenvalue weighted by molar-refractivity contribution is -0.118. The Morgan fingerprint density at radius 1 is 1.30 bits per heavy atom. The highest BCUT2D eigenvalue weighted by molar-refractivity contribution is 5.93. The van der Waals surface area contributed by atoms with Gasteiger partial charge in [-0.25, -0.2) is 4.98 Å². The lowest BCUT2D eigenvalue weighted by Gasteiger charge is -2.10. The van der Waals surface area contributed by atoms with Gasteiger partial charge in [-0.2, -0.15) is 5.26 Å². The summed E-state index contributed by atoms with van der Waals surface area (Å²) in [5, 5.41) is 11.8. The van der Waals surface area contributed by atoms with Gasteiger partial charge in [0.25, 0.3) is 0 Å². The molecule has 4 nitrogen and oxygen atoms in total. The molecule has 2 rings (SSSR count). The number of benzene rings is 1. The summed E-state index contributed by atoms with van der Waals surface area (Å²) >= 11 is 0. The van der Waals surface area contributed by atoms with Crippen molar-refractivity contribution in [2.45, 2.75) is 13.3 Å². The van der Waals surface area contributed by atoms with Crippen molar-refractivity contribution in [2.24, 2.45) is 5.92 Å². The van der Waals surface area contributed by atoms with E-state index in [1.165, 1.54) is 0 Å². The molecule has 4 heteroatoms. The normalized spacial score (nSPS) is 11.4. The number of nitriles is 1. The number of hydrogen-bond acceptors (Lipinski definition) is 3. The molecule has 1 heterocycles. The Labute approximate surface area is 118 Å². The van der Waals surface area contributed by atoms with Crippen LogP contribution >= 0.6 is 0 Å². The minimum absolute atomic E-state index is 0.326. The monoisotopic (exact) mass is 265 g/mol. The van der Waals surface area contributed by atoms with Gasteiger partial charge in [-0.3, -0.25) is 4.79 Å². The molecule has 2 aromatic rings. The third-order valence-electron chi connectivity index (χ3n) is 2.92. The van der Waals surface area contributed by atoms with Crippen LogP contribution in [0.25, 0.3) is 0 Å². The van der Waals surface area contributed by atoms with Gasteiger partial charge in [-0.1, -0.05) is 36.4 Å². The molecule has 0 aliphatic rings. The Morgan fingerprint density at radius 3 is 2.65 bits per heavy atom. The maximum Gasteiger partial charge on any atom is 0.243 e. The van der Waals surface area contributed by atoms with Crippen molar-refractivity contribution in [2.75, 3.05) is 5.32 Å². The van der Waals surface area contributed by atoms with Gasteiger partial charge in [-0.15, -0.1) is 0 Å². The number of aryl methyl sites for hydroxylation is 1. The minimum Gasteiger partial charge on any atom is -0.310 e. The number of pyridine rings is 1.